The van der Waals surface area contributed by atoms with Crippen LogP contribution in [0.3, 0.4) is 0 Å². The summed E-state index contributed by atoms with van der Waals surface area (Å²) in [6.45, 7) is 1.90. The van der Waals surface area contributed by atoms with Crippen molar-refractivity contribution in [2.24, 2.45) is 7.05 Å². The normalized spacial score (nSPS) is 13.0. The van der Waals surface area contributed by atoms with E-state index in [4.69, 9.17) is 11.6 Å². The number of aryl methyl sites for hydroxylation is 2. The van der Waals surface area contributed by atoms with Gasteiger partial charge in [-0.15, -0.1) is 11.3 Å². The largest absolute Gasteiger partial charge is 0.388 e. The monoisotopic (exact) mass is 256 g/mol. The molecule has 16 heavy (non-hydrogen) atoms. The van der Waals surface area contributed by atoms with E-state index in [1.807, 2.05) is 32.3 Å². The van der Waals surface area contributed by atoms with Crippen molar-refractivity contribution in [3.63, 3.8) is 0 Å². The van der Waals surface area contributed by atoms with Crippen molar-refractivity contribution in [1.82, 2.24) is 9.78 Å². The molecule has 1 N–H and O–H groups in total. The lowest BCUT2D eigenvalue weighted by molar-refractivity contribution is 0.178. The maximum atomic E-state index is 10.1. The van der Waals surface area contributed by atoms with E-state index in [1.165, 1.54) is 11.3 Å². The van der Waals surface area contributed by atoms with Crippen molar-refractivity contribution in [1.29, 1.82) is 0 Å². The molecule has 2 rings (SSSR count). The molecule has 1 unspecified atom stereocenters. The molecule has 2 aromatic heterocycles. The molecule has 0 radical (unpaired) electrons. The third-order valence-electron chi connectivity index (χ3n) is 2.43. The van der Waals surface area contributed by atoms with E-state index >= 15 is 0 Å². The Morgan fingerprint density at radius 1 is 1.56 bits per heavy atom. The second-order valence-corrected chi connectivity index (χ2v) is 5.57. The first kappa shape index (κ1) is 11.6. The van der Waals surface area contributed by atoms with Crippen molar-refractivity contribution < 1.29 is 5.11 Å². The molecule has 5 heteroatoms. The highest BCUT2D eigenvalue weighted by Gasteiger charge is 2.15. The van der Waals surface area contributed by atoms with Gasteiger partial charge in [-0.25, -0.2) is 0 Å². The Balaban J connectivity index is 2.14. The molecule has 0 bridgehead atoms. The number of nitrogens with zero attached hydrogens (tertiary/aromatic N) is 2. The zero-order valence-corrected chi connectivity index (χ0v) is 10.7. The van der Waals surface area contributed by atoms with E-state index in [1.54, 1.807) is 4.68 Å². The summed E-state index contributed by atoms with van der Waals surface area (Å²) in [7, 11) is 1.85. The molecule has 0 saturated carbocycles. The average Bonchev–Trinajstić information content (AvgIpc) is 2.73. The Labute approximate surface area is 103 Å². The fourth-order valence-electron chi connectivity index (χ4n) is 1.71. The van der Waals surface area contributed by atoms with Crippen LogP contribution in [0.2, 0.25) is 4.34 Å². The molecular weight excluding hydrogens is 244 g/mol. The van der Waals surface area contributed by atoms with Crippen LogP contribution in [0.5, 0.6) is 0 Å². The summed E-state index contributed by atoms with van der Waals surface area (Å²) in [4.78, 5) is 1.08. The third kappa shape index (κ3) is 2.45. The van der Waals surface area contributed by atoms with Gasteiger partial charge in [0.15, 0.2) is 0 Å². The van der Waals surface area contributed by atoms with Gasteiger partial charge in [0.1, 0.15) is 0 Å². The van der Waals surface area contributed by atoms with Crippen molar-refractivity contribution in [2.75, 3.05) is 0 Å². The second kappa shape index (κ2) is 4.57. The molecule has 0 saturated heterocycles. The summed E-state index contributed by atoms with van der Waals surface area (Å²) in [5.41, 5.74) is 1.75. The summed E-state index contributed by atoms with van der Waals surface area (Å²) in [6, 6.07) is 3.80. The van der Waals surface area contributed by atoms with E-state index in [2.05, 4.69) is 5.10 Å². The van der Waals surface area contributed by atoms with E-state index in [9.17, 15) is 5.11 Å². The first-order chi connectivity index (χ1) is 7.56. The van der Waals surface area contributed by atoms with E-state index in [0.29, 0.717) is 6.42 Å². The van der Waals surface area contributed by atoms with Crippen LogP contribution in [0.15, 0.2) is 18.3 Å². The number of hydrogen-bond donors (Lipinski definition) is 1. The fraction of sp³-hybridized carbons (Fsp3) is 0.364. The molecule has 0 spiro atoms. The average molecular weight is 257 g/mol. The van der Waals surface area contributed by atoms with Gasteiger partial charge < -0.3 is 5.11 Å². The number of hydrogen-bond acceptors (Lipinski definition) is 3. The minimum absolute atomic E-state index is 0.511. The van der Waals surface area contributed by atoms with Crippen molar-refractivity contribution in [3.05, 3.63) is 38.8 Å². The summed E-state index contributed by atoms with van der Waals surface area (Å²) in [5, 5.41) is 14.3. The standard InChI is InChI=1S/C11H13ClN2OS/c1-7-9(6-14(2)13-7)10(15)5-8-3-4-11(12)16-8/h3-4,6,10,15H,5H2,1-2H3. The quantitative estimate of drug-likeness (QED) is 0.917. The highest BCUT2D eigenvalue weighted by molar-refractivity contribution is 7.16. The topological polar surface area (TPSA) is 38.0 Å². The lowest BCUT2D eigenvalue weighted by atomic mass is 10.1. The minimum atomic E-state index is -0.511. The molecule has 3 nitrogen and oxygen atoms in total. The highest BCUT2D eigenvalue weighted by atomic mass is 35.5. The summed E-state index contributed by atoms with van der Waals surface area (Å²) < 4.78 is 2.47. The third-order valence-corrected chi connectivity index (χ3v) is 3.69. The van der Waals surface area contributed by atoms with Gasteiger partial charge in [-0.1, -0.05) is 11.6 Å². The van der Waals surface area contributed by atoms with Crippen LogP contribution in [0.1, 0.15) is 22.2 Å². The Hall–Kier alpha value is -0.840. The maximum Gasteiger partial charge on any atom is 0.0931 e. The molecule has 0 aliphatic carbocycles. The summed E-state index contributed by atoms with van der Waals surface area (Å²) in [5.74, 6) is 0. The number of halogens is 1. The van der Waals surface area contributed by atoms with Crippen LogP contribution in [0.4, 0.5) is 0 Å². The highest BCUT2D eigenvalue weighted by Crippen LogP contribution is 2.27. The van der Waals surface area contributed by atoms with Gasteiger partial charge in [-0.05, 0) is 19.1 Å². The molecule has 0 aliphatic heterocycles. The van der Waals surface area contributed by atoms with Crippen molar-refractivity contribution >= 4 is 22.9 Å². The van der Waals surface area contributed by atoms with Gasteiger partial charge in [0.25, 0.3) is 0 Å². The Kier molecular flexibility index (Phi) is 3.33. The molecule has 0 aromatic carbocycles. The summed E-state index contributed by atoms with van der Waals surface area (Å²) >= 11 is 7.35. The van der Waals surface area contributed by atoms with Crippen LogP contribution in [-0.2, 0) is 13.5 Å². The van der Waals surface area contributed by atoms with Gasteiger partial charge in [0.2, 0.25) is 0 Å². The number of aromatic nitrogens is 2. The van der Waals surface area contributed by atoms with Crippen molar-refractivity contribution in [2.45, 2.75) is 19.4 Å². The van der Waals surface area contributed by atoms with E-state index in [-0.39, 0.29) is 0 Å². The SMILES string of the molecule is Cc1nn(C)cc1C(O)Cc1ccc(Cl)s1. The Bertz CT molecular complexity index is 492. The smallest absolute Gasteiger partial charge is 0.0931 e. The maximum absolute atomic E-state index is 10.1. The van der Waals surface area contributed by atoms with Crippen LogP contribution in [-0.4, -0.2) is 14.9 Å². The lowest BCUT2D eigenvalue weighted by Gasteiger charge is -2.07. The fourth-order valence-corrected chi connectivity index (χ4v) is 2.83. The number of rotatable bonds is 3. The van der Waals surface area contributed by atoms with E-state index < -0.39 is 6.10 Å². The molecule has 0 aliphatic rings. The molecule has 1 atom stereocenters. The van der Waals surface area contributed by atoms with Crippen LogP contribution in [0.25, 0.3) is 0 Å². The van der Waals surface area contributed by atoms with E-state index in [0.717, 1.165) is 20.5 Å². The number of aliphatic hydroxyl groups excluding tert-OH is 1. The Morgan fingerprint density at radius 2 is 2.31 bits per heavy atom. The predicted octanol–water partition coefficient (Wildman–Crippen LogP) is 2.72. The van der Waals surface area contributed by atoms with Gasteiger partial charge >= 0.3 is 0 Å². The molecule has 0 fully saturated rings. The first-order valence-corrected chi connectivity index (χ1v) is 6.18. The molecule has 86 valence electrons. The van der Waals surface area contributed by atoms with Crippen LogP contribution in [0, 0.1) is 6.92 Å². The molecule has 0 amide bonds. The second-order valence-electron chi connectivity index (χ2n) is 3.77. The number of thiophene rings is 1. The minimum Gasteiger partial charge on any atom is -0.388 e. The van der Waals surface area contributed by atoms with Gasteiger partial charge in [-0.2, -0.15) is 5.10 Å². The molecule has 2 heterocycles. The van der Waals surface area contributed by atoms with Gasteiger partial charge in [0.05, 0.1) is 16.1 Å². The lowest BCUT2D eigenvalue weighted by Crippen LogP contribution is -2.00. The Morgan fingerprint density at radius 3 is 2.81 bits per heavy atom. The number of aliphatic hydroxyl groups is 1. The van der Waals surface area contributed by atoms with Crippen LogP contribution >= 0.6 is 22.9 Å². The summed E-state index contributed by atoms with van der Waals surface area (Å²) in [6.07, 6.45) is 1.93. The molecular formula is C11H13ClN2OS. The zero-order valence-electron chi connectivity index (χ0n) is 9.14. The first-order valence-electron chi connectivity index (χ1n) is 4.98. The van der Waals surface area contributed by atoms with Crippen LogP contribution < -0.4 is 0 Å². The van der Waals surface area contributed by atoms with Gasteiger partial charge in [0, 0.05) is 30.1 Å². The van der Waals surface area contributed by atoms with Crippen molar-refractivity contribution in [3.8, 4) is 0 Å². The molecule has 2 aromatic rings. The van der Waals surface area contributed by atoms with Gasteiger partial charge in [-0.3, -0.25) is 4.68 Å². The predicted molar refractivity (Wildman–Crippen MR) is 65.9 cm³/mol. The zero-order chi connectivity index (χ0) is 11.7.